The highest BCUT2D eigenvalue weighted by Crippen LogP contribution is 2.19. The van der Waals surface area contributed by atoms with E-state index in [0.717, 1.165) is 17.0 Å². The summed E-state index contributed by atoms with van der Waals surface area (Å²) in [7, 11) is 1.62. The zero-order valence-corrected chi connectivity index (χ0v) is 13.3. The van der Waals surface area contributed by atoms with E-state index in [4.69, 9.17) is 9.15 Å². The number of rotatable bonds is 4. The lowest BCUT2D eigenvalue weighted by Gasteiger charge is -2.02. The molecule has 2 aromatic heterocycles. The minimum Gasteiger partial charge on any atom is -0.497 e. The van der Waals surface area contributed by atoms with E-state index in [1.165, 1.54) is 6.26 Å². The molecule has 0 bridgehead atoms. The Labute approximate surface area is 142 Å². The third kappa shape index (κ3) is 2.94. The molecule has 124 valence electrons. The first-order chi connectivity index (χ1) is 12.2. The summed E-state index contributed by atoms with van der Waals surface area (Å²) in [5.41, 5.74) is 2.84. The van der Waals surface area contributed by atoms with Gasteiger partial charge in [0.25, 0.3) is 5.91 Å². The Morgan fingerprint density at radius 3 is 2.60 bits per heavy atom. The molecule has 2 heterocycles. The first kappa shape index (κ1) is 14.9. The first-order valence-corrected chi connectivity index (χ1v) is 7.59. The fraction of sp³-hybridized carbons (Fsp3) is 0.0556. The second-order valence-electron chi connectivity index (χ2n) is 5.32. The summed E-state index contributed by atoms with van der Waals surface area (Å²) in [6.45, 7) is 0. The summed E-state index contributed by atoms with van der Waals surface area (Å²) in [4.78, 5) is 13.6. The average molecular weight is 334 g/mol. The number of aromatic nitrogens is 3. The van der Waals surface area contributed by atoms with Crippen molar-refractivity contribution in [3.05, 3.63) is 66.6 Å². The summed E-state index contributed by atoms with van der Waals surface area (Å²) in [6, 6.07) is 16.1. The van der Waals surface area contributed by atoms with Gasteiger partial charge in [0.05, 0.1) is 19.1 Å². The number of furan rings is 1. The van der Waals surface area contributed by atoms with E-state index >= 15 is 0 Å². The molecule has 1 amide bonds. The molecule has 1 N–H and O–H groups in total. The van der Waals surface area contributed by atoms with Crippen LogP contribution in [0.1, 0.15) is 10.6 Å². The molecule has 7 heteroatoms. The normalized spacial score (nSPS) is 10.8. The molecule has 0 saturated heterocycles. The number of hydrogen-bond acceptors (Lipinski definition) is 5. The van der Waals surface area contributed by atoms with Gasteiger partial charge in [-0.15, -0.1) is 10.2 Å². The van der Waals surface area contributed by atoms with Crippen LogP contribution >= 0.6 is 0 Å². The Morgan fingerprint density at radius 2 is 1.88 bits per heavy atom. The molecule has 0 atom stereocenters. The third-order valence-corrected chi connectivity index (χ3v) is 3.69. The van der Waals surface area contributed by atoms with Crippen LogP contribution in [-0.4, -0.2) is 28.0 Å². The molecule has 0 fully saturated rings. The van der Waals surface area contributed by atoms with Crippen LogP contribution in [0.15, 0.2) is 65.3 Å². The van der Waals surface area contributed by atoms with Gasteiger partial charge < -0.3 is 14.5 Å². The maximum Gasteiger partial charge on any atom is 0.291 e. The Morgan fingerprint density at radius 1 is 1.08 bits per heavy atom. The van der Waals surface area contributed by atoms with Gasteiger partial charge in [-0.05, 0) is 54.6 Å². The number of hydrogen-bond donors (Lipinski definition) is 1. The molecule has 25 heavy (non-hydrogen) atoms. The standard InChI is InChI=1S/C18H14N4O3/c1-24-14-7-5-13(6-8-14)22-20-15-9-4-12(11-16(15)21-22)19-18(23)17-3-2-10-25-17/h2-11H,1H3,(H,19,23). The second-order valence-corrected chi connectivity index (χ2v) is 5.32. The second kappa shape index (κ2) is 6.12. The molecular formula is C18H14N4O3. The van der Waals surface area contributed by atoms with Gasteiger partial charge in [0, 0.05) is 5.69 Å². The number of ether oxygens (including phenoxy) is 1. The molecule has 7 nitrogen and oxygen atoms in total. The maximum absolute atomic E-state index is 12.0. The zero-order chi connectivity index (χ0) is 17.2. The van der Waals surface area contributed by atoms with Gasteiger partial charge in [-0.25, -0.2) is 0 Å². The van der Waals surface area contributed by atoms with Crippen molar-refractivity contribution in [1.82, 2.24) is 15.0 Å². The monoisotopic (exact) mass is 334 g/mol. The van der Waals surface area contributed by atoms with Crippen molar-refractivity contribution in [1.29, 1.82) is 0 Å². The van der Waals surface area contributed by atoms with Crippen molar-refractivity contribution in [2.75, 3.05) is 12.4 Å². The fourth-order valence-electron chi connectivity index (χ4n) is 2.42. The Balaban J connectivity index is 1.61. The summed E-state index contributed by atoms with van der Waals surface area (Å²) >= 11 is 0. The molecular weight excluding hydrogens is 320 g/mol. The summed E-state index contributed by atoms with van der Waals surface area (Å²) in [5, 5.41) is 11.7. The fourth-order valence-corrected chi connectivity index (χ4v) is 2.42. The van der Waals surface area contributed by atoms with Crippen molar-refractivity contribution in [2.45, 2.75) is 0 Å². The number of carbonyl (C=O) groups excluding carboxylic acids is 1. The van der Waals surface area contributed by atoms with E-state index in [1.54, 1.807) is 42.2 Å². The van der Waals surface area contributed by atoms with Gasteiger partial charge in [0.1, 0.15) is 16.8 Å². The molecule has 0 aliphatic heterocycles. The highest BCUT2D eigenvalue weighted by atomic mass is 16.5. The molecule has 0 spiro atoms. The molecule has 0 aliphatic carbocycles. The van der Waals surface area contributed by atoms with Gasteiger partial charge >= 0.3 is 0 Å². The minimum atomic E-state index is -0.313. The summed E-state index contributed by atoms with van der Waals surface area (Å²) in [6.07, 6.45) is 1.46. The van der Waals surface area contributed by atoms with Crippen LogP contribution in [0.4, 0.5) is 5.69 Å². The molecule has 4 aromatic rings. The molecule has 0 radical (unpaired) electrons. The number of anilines is 1. The highest BCUT2D eigenvalue weighted by Gasteiger charge is 2.11. The topological polar surface area (TPSA) is 82.2 Å². The van der Waals surface area contributed by atoms with E-state index in [1.807, 2.05) is 24.3 Å². The van der Waals surface area contributed by atoms with Crippen LogP contribution in [-0.2, 0) is 0 Å². The van der Waals surface area contributed by atoms with Crippen molar-refractivity contribution in [3.8, 4) is 11.4 Å². The van der Waals surface area contributed by atoms with Gasteiger partial charge in [-0.3, -0.25) is 4.79 Å². The third-order valence-electron chi connectivity index (χ3n) is 3.69. The predicted molar refractivity (Wildman–Crippen MR) is 92.1 cm³/mol. The minimum absolute atomic E-state index is 0.252. The van der Waals surface area contributed by atoms with Crippen LogP contribution in [0.5, 0.6) is 5.75 Å². The molecule has 2 aromatic carbocycles. The Kier molecular flexibility index (Phi) is 3.66. The molecule has 0 unspecified atom stereocenters. The average Bonchev–Trinajstić information content (AvgIpc) is 3.31. The van der Waals surface area contributed by atoms with Crippen molar-refractivity contribution < 1.29 is 13.9 Å². The predicted octanol–water partition coefficient (Wildman–Crippen LogP) is 3.27. The highest BCUT2D eigenvalue weighted by molar-refractivity contribution is 6.03. The van der Waals surface area contributed by atoms with Gasteiger partial charge in [-0.1, -0.05) is 0 Å². The van der Waals surface area contributed by atoms with Crippen molar-refractivity contribution in [3.63, 3.8) is 0 Å². The number of nitrogens with zero attached hydrogens (tertiary/aromatic N) is 3. The van der Waals surface area contributed by atoms with Gasteiger partial charge in [-0.2, -0.15) is 4.80 Å². The molecule has 0 aliphatic rings. The van der Waals surface area contributed by atoms with E-state index in [2.05, 4.69) is 15.5 Å². The first-order valence-electron chi connectivity index (χ1n) is 7.59. The van der Waals surface area contributed by atoms with Crippen LogP contribution < -0.4 is 10.1 Å². The van der Waals surface area contributed by atoms with Gasteiger partial charge in [0.15, 0.2) is 5.76 Å². The Hall–Kier alpha value is -3.61. The number of fused-ring (bicyclic) bond motifs is 1. The smallest absolute Gasteiger partial charge is 0.291 e. The maximum atomic E-state index is 12.0. The van der Waals surface area contributed by atoms with Crippen LogP contribution in [0.25, 0.3) is 16.7 Å². The quantitative estimate of drug-likeness (QED) is 0.619. The van der Waals surface area contributed by atoms with Gasteiger partial charge in [0.2, 0.25) is 0 Å². The van der Waals surface area contributed by atoms with E-state index in [0.29, 0.717) is 11.2 Å². The van der Waals surface area contributed by atoms with Crippen LogP contribution in [0, 0.1) is 0 Å². The Bertz CT molecular complexity index is 1020. The van der Waals surface area contributed by atoms with Crippen LogP contribution in [0.2, 0.25) is 0 Å². The lowest BCUT2D eigenvalue weighted by atomic mass is 10.2. The number of methoxy groups -OCH3 is 1. The number of benzene rings is 2. The van der Waals surface area contributed by atoms with Crippen molar-refractivity contribution >= 4 is 22.6 Å². The van der Waals surface area contributed by atoms with E-state index in [9.17, 15) is 4.79 Å². The zero-order valence-electron chi connectivity index (χ0n) is 13.3. The number of amides is 1. The number of nitrogens with one attached hydrogen (secondary N) is 1. The molecule has 0 saturated carbocycles. The SMILES string of the molecule is COc1ccc(-n2nc3ccc(NC(=O)c4ccco4)cc3n2)cc1. The lowest BCUT2D eigenvalue weighted by molar-refractivity contribution is 0.0996. The largest absolute Gasteiger partial charge is 0.497 e. The van der Waals surface area contributed by atoms with E-state index in [-0.39, 0.29) is 11.7 Å². The summed E-state index contributed by atoms with van der Waals surface area (Å²) in [5.74, 6) is 0.706. The van der Waals surface area contributed by atoms with Crippen LogP contribution in [0.3, 0.4) is 0 Å². The van der Waals surface area contributed by atoms with Crippen molar-refractivity contribution in [2.24, 2.45) is 0 Å². The molecule has 4 rings (SSSR count). The van der Waals surface area contributed by atoms with E-state index < -0.39 is 0 Å². The lowest BCUT2D eigenvalue weighted by Crippen LogP contribution is -2.10. The number of carbonyl (C=O) groups is 1. The summed E-state index contributed by atoms with van der Waals surface area (Å²) < 4.78 is 10.2.